The van der Waals surface area contributed by atoms with E-state index in [0.29, 0.717) is 37.7 Å². The molecule has 8 unspecified atom stereocenters. The van der Waals surface area contributed by atoms with Crippen molar-refractivity contribution in [2.45, 2.75) is 612 Å². The number of aliphatic carboxylic acids is 3. The van der Waals surface area contributed by atoms with Gasteiger partial charge in [-0.15, -0.1) is 0 Å². The monoisotopic (exact) mass is 1930 g/mol. The Balaban J connectivity index is 3.59. The SMILES string of the molecule is CCCCCCCCCCCCCCCCCCCCCCOC(=O)C(C)CC(CC(CC(CC(=O)C(CC(CC(CC(=O)C(CC)c1ccccc1)C(=O)O)C(=O)O)C(=O)O)C(=O)OCCCCCCCCCCCCCCCCCCCCCC)C(=O)OCCCCCCCCCCCCCCCCCCCCCC)C(=O)OCCCCCCCCCCCCCCCCCCCCCC. The third kappa shape index (κ3) is 79.9. The van der Waals surface area contributed by atoms with E-state index in [-0.39, 0.29) is 39.3 Å². The third-order valence-corrected chi connectivity index (χ3v) is 29.5. The number of benzene rings is 1. The van der Waals surface area contributed by atoms with E-state index in [4.69, 9.17) is 18.9 Å². The molecule has 3 N–H and O–H groups in total. The number of ether oxygens (including phenoxy) is 4. The Kier molecular flexibility index (Phi) is 93.1. The van der Waals surface area contributed by atoms with Gasteiger partial charge in [0.1, 0.15) is 17.5 Å². The number of unbranched alkanes of at least 4 members (excludes halogenated alkanes) is 76. The molecular formula is C121H218O16. The summed E-state index contributed by atoms with van der Waals surface area (Å²) in [6, 6.07) is 8.89. The van der Waals surface area contributed by atoms with Crippen molar-refractivity contribution in [3.8, 4) is 0 Å². The molecule has 16 heteroatoms. The average molecular weight is 1930 g/mol. The molecule has 0 heterocycles. The summed E-state index contributed by atoms with van der Waals surface area (Å²) in [5, 5.41) is 32.3. The quantitative estimate of drug-likeness (QED) is 0.0237. The Morgan fingerprint density at radius 1 is 0.219 bits per heavy atom. The Bertz CT molecular complexity index is 2930. The van der Waals surface area contributed by atoms with Gasteiger partial charge in [0.25, 0.3) is 0 Å². The first-order valence-electron chi connectivity index (χ1n) is 59.4. The number of Topliss-reactive ketones (excluding diaryl/α,β-unsaturated/α-hetero) is 2. The fourth-order valence-corrected chi connectivity index (χ4v) is 20.3. The molecule has 0 aliphatic heterocycles. The molecule has 798 valence electrons. The second-order valence-corrected chi connectivity index (χ2v) is 42.4. The zero-order valence-corrected chi connectivity index (χ0v) is 90.2. The van der Waals surface area contributed by atoms with Crippen LogP contribution < -0.4 is 0 Å². The Morgan fingerprint density at radius 2 is 0.423 bits per heavy atom. The molecule has 0 aliphatic carbocycles. The van der Waals surface area contributed by atoms with Crippen LogP contribution in [0.15, 0.2) is 30.3 Å². The molecule has 0 saturated carbocycles. The van der Waals surface area contributed by atoms with E-state index in [1.165, 1.54) is 385 Å². The van der Waals surface area contributed by atoms with E-state index in [2.05, 4.69) is 27.7 Å². The Morgan fingerprint density at radius 3 is 0.657 bits per heavy atom. The lowest BCUT2D eigenvalue weighted by atomic mass is 9.78. The topological polar surface area (TPSA) is 251 Å². The fraction of sp³-hybridized carbons (Fsp3) is 0.876. The van der Waals surface area contributed by atoms with Crippen molar-refractivity contribution in [3.05, 3.63) is 35.9 Å². The van der Waals surface area contributed by atoms with Gasteiger partial charge in [-0.2, -0.15) is 0 Å². The summed E-state index contributed by atoms with van der Waals surface area (Å²) in [5.41, 5.74) is 0.679. The van der Waals surface area contributed by atoms with Crippen LogP contribution in [0.2, 0.25) is 0 Å². The van der Waals surface area contributed by atoms with Crippen LogP contribution in [0.3, 0.4) is 0 Å². The van der Waals surface area contributed by atoms with Crippen LogP contribution in [0.4, 0.5) is 0 Å². The van der Waals surface area contributed by atoms with Gasteiger partial charge in [0.15, 0.2) is 0 Å². The number of carboxylic acid groups (broad SMARTS) is 3. The van der Waals surface area contributed by atoms with Gasteiger partial charge in [0.2, 0.25) is 0 Å². The first-order valence-corrected chi connectivity index (χ1v) is 59.4. The molecule has 137 heavy (non-hydrogen) atoms. The number of hydrogen-bond donors (Lipinski definition) is 3. The van der Waals surface area contributed by atoms with Gasteiger partial charge in [-0.3, -0.25) is 43.2 Å². The maximum atomic E-state index is 15.2. The van der Waals surface area contributed by atoms with Crippen molar-refractivity contribution in [2.24, 2.45) is 41.4 Å². The van der Waals surface area contributed by atoms with E-state index in [9.17, 15) is 44.1 Å². The van der Waals surface area contributed by atoms with Crippen LogP contribution in [0.25, 0.3) is 0 Å². The smallest absolute Gasteiger partial charge is 0.314 e. The van der Waals surface area contributed by atoms with Gasteiger partial charge >= 0.3 is 41.8 Å². The van der Waals surface area contributed by atoms with E-state index >= 15 is 14.4 Å². The van der Waals surface area contributed by atoms with Gasteiger partial charge in [0, 0.05) is 18.8 Å². The minimum absolute atomic E-state index is 0.0212. The number of hydrogen-bond acceptors (Lipinski definition) is 13. The number of carbonyl (C=O) groups excluding carboxylic acids is 6. The Labute approximate surface area is 842 Å². The highest BCUT2D eigenvalue weighted by Gasteiger charge is 2.41. The molecule has 8 atom stereocenters. The minimum atomic E-state index is -2.05. The van der Waals surface area contributed by atoms with Crippen LogP contribution in [-0.2, 0) is 62.1 Å². The summed E-state index contributed by atoms with van der Waals surface area (Å²) < 4.78 is 24.3. The lowest BCUT2D eigenvalue weighted by Crippen LogP contribution is -2.35. The van der Waals surface area contributed by atoms with E-state index in [0.717, 1.165) is 103 Å². The summed E-state index contributed by atoms with van der Waals surface area (Å²) >= 11 is 0. The summed E-state index contributed by atoms with van der Waals surface area (Å²) in [4.78, 5) is 128. The van der Waals surface area contributed by atoms with Crippen LogP contribution in [0.1, 0.15) is 618 Å². The molecule has 0 spiro atoms. The highest BCUT2D eigenvalue weighted by molar-refractivity contribution is 6.00. The molecule has 0 radical (unpaired) electrons. The maximum Gasteiger partial charge on any atom is 0.314 e. The van der Waals surface area contributed by atoms with Gasteiger partial charge in [-0.1, -0.05) is 560 Å². The van der Waals surface area contributed by atoms with Crippen molar-refractivity contribution in [3.63, 3.8) is 0 Å². The Hall–Kier alpha value is -5.15. The highest BCUT2D eigenvalue weighted by Crippen LogP contribution is 2.35. The lowest BCUT2D eigenvalue weighted by Gasteiger charge is -2.27. The van der Waals surface area contributed by atoms with E-state index in [1.54, 1.807) is 44.2 Å². The zero-order valence-electron chi connectivity index (χ0n) is 90.2. The van der Waals surface area contributed by atoms with Crippen molar-refractivity contribution < 1.29 is 77.4 Å². The molecule has 0 bridgehead atoms. The molecule has 0 aromatic heterocycles. The second-order valence-electron chi connectivity index (χ2n) is 42.4. The second kappa shape index (κ2) is 98.3. The van der Waals surface area contributed by atoms with Crippen molar-refractivity contribution in [2.75, 3.05) is 26.4 Å². The van der Waals surface area contributed by atoms with Crippen molar-refractivity contribution in [1.82, 2.24) is 0 Å². The van der Waals surface area contributed by atoms with Crippen LogP contribution >= 0.6 is 0 Å². The minimum Gasteiger partial charge on any atom is -0.481 e. The first-order chi connectivity index (χ1) is 66.9. The lowest BCUT2D eigenvalue weighted by molar-refractivity contribution is -0.159. The maximum absolute atomic E-state index is 15.2. The molecule has 1 aromatic rings. The third-order valence-electron chi connectivity index (χ3n) is 29.5. The number of rotatable bonds is 109. The summed E-state index contributed by atoms with van der Waals surface area (Å²) in [6.45, 7) is 13.0. The number of ketones is 2. The molecule has 1 rings (SSSR count). The molecule has 0 saturated heterocycles. The van der Waals surface area contributed by atoms with Crippen LogP contribution in [-0.4, -0.2) is 95.1 Å². The zero-order chi connectivity index (χ0) is 99.8. The number of carboxylic acids is 3. The molecule has 1 aromatic carbocycles. The molecule has 16 nitrogen and oxygen atoms in total. The predicted octanol–water partition coefficient (Wildman–Crippen LogP) is 36.1. The van der Waals surface area contributed by atoms with Gasteiger partial charge in [-0.25, -0.2) is 0 Å². The average Bonchev–Trinajstić information content (AvgIpc) is 0.838. The van der Waals surface area contributed by atoms with Crippen molar-refractivity contribution >= 4 is 53.4 Å². The van der Waals surface area contributed by atoms with E-state index < -0.39 is 133 Å². The normalized spacial score (nSPS) is 13.4. The number of esters is 4. The van der Waals surface area contributed by atoms with Gasteiger partial charge < -0.3 is 34.3 Å². The predicted molar refractivity (Wildman–Crippen MR) is 571 cm³/mol. The molecule has 0 amide bonds. The largest absolute Gasteiger partial charge is 0.481 e. The van der Waals surface area contributed by atoms with E-state index in [1.807, 2.05) is 0 Å². The van der Waals surface area contributed by atoms with Gasteiger partial charge in [-0.05, 0) is 69.8 Å². The molecule has 0 aliphatic rings. The van der Waals surface area contributed by atoms with Crippen LogP contribution in [0.5, 0.6) is 0 Å². The fourth-order valence-electron chi connectivity index (χ4n) is 20.3. The standard InChI is InChI=1S/C121H218O16/c1-7-12-16-20-24-28-32-36-40-44-48-52-56-60-64-68-72-76-80-87-93-134-118(130)104(6)97-108(119(131)135-94-88-81-77-73-69-65-61-57-53-49-45-41-37-33-29-25-21-17-13-8-2)99-109(120(132)136-95-89-82-78-74-70-66-62-58-54-50-46-42-38-34-30-26-22-18-14-9-3)100-110(121(133)137-96-90-83-79-75-71-67-63-59-55-51-47-43-39-35-31-27-23-19-15-10-4)103-114(123)112(117(128)129)101-106(115(124)125)98-107(116(126)127)102-113(122)111(11-5)105-91-85-84-86-92-105/h84-86,91-92,104,106-112H,7-83,87-90,93-103H2,1-6H3,(H,124,125)(H,126,127)(H,128,129). The first kappa shape index (κ1) is 130. The highest BCUT2D eigenvalue weighted by atomic mass is 16.5. The summed E-state index contributed by atoms with van der Waals surface area (Å²) in [7, 11) is 0. The number of carbonyl (C=O) groups is 9. The molecular weight excluding hydrogens is 1710 g/mol. The van der Waals surface area contributed by atoms with Crippen molar-refractivity contribution in [1.29, 1.82) is 0 Å². The molecule has 0 fully saturated rings. The summed E-state index contributed by atoms with van der Waals surface area (Å²) in [5.74, 6) is -19.4. The van der Waals surface area contributed by atoms with Crippen LogP contribution in [0, 0.1) is 41.4 Å². The van der Waals surface area contributed by atoms with Gasteiger partial charge in [0.05, 0.1) is 61.9 Å². The summed E-state index contributed by atoms with van der Waals surface area (Å²) in [6.07, 6.45) is 94.6.